The van der Waals surface area contributed by atoms with Crippen molar-refractivity contribution in [1.29, 1.82) is 0 Å². The summed E-state index contributed by atoms with van der Waals surface area (Å²) in [6, 6.07) is 1.84. The van der Waals surface area contributed by atoms with Gasteiger partial charge in [-0.3, -0.25) is 0 Å². The number of sulfonamides is 1. The summed E-state index contributed by atoms with van der Waals surface area (Å²) in [5.74, 6) is 5.67. The maximum Gasteiger partial charge on any atom is 0.214 e. The van der Waals surface area contributed by atoms with Crippen LogP contribution in [0.3, 0.4) is 0 Å². The second-order valence-corrected chi connectivity index (χ2v) is 6.63. The highest BCUT2D eigenvalue weighted by molar-refractivity contribution is 7.89. The second kappa shape index (κ2) is 8.30. The van der Waals surface area contributed by atoms with E-state index in [1.807, 2.05) is 11.4 Å². The Morgan fingerprint density at radius 3 is 3.00 bits per heavy atom. The van der Waals surface area contributed by atoms with Gasteiger partial charge in [0.2, 0.25) is 10.0 Å². The molecule has 0 saturated heterocycles. The zero-order chi connectivity index (χ0) is 14.1. The number of hydrogen-bond acceptors (Lipinski definition) is 5. The van der Waals surface area contributed by atoms with Crippen LogP contribution in [0.1, 0.15) is 16.9 Å². The van der Waals surface area contributed by atoms with Gasteiger partial charge < -0.3 is 9.84 Å². The number of rotatable bonds is 7. The number of methoxy groups -OCH3 is 1. The molecule has 0 atom stereocenters. The lowest BCUT2D eigenvalue weighted by molar-refractivity contribution is 0.217. The predicted molar refractivity (Wildman–Crippen MR) is 75.4 cm³/mol. The number of hydrogen-bond donors (Lipinski definition) is 2. The lowest BCUT2D eigenvalue weighted by Gasteiger charge is -2.04. The Morgan fingerprint density at radius 1 is 1.53 bits per heavy atom. The van der Waals surface area contributed by atoms with Crippen LogP contribution in [0.5, 0.6) is 0 Å². The minimum absolute atomic E-state index is 0.0436. The predicted octanol–water partition coefficient (Wildman–Crippen LogP) is 0.548. The summed E-state index contributed by atoms with van der Waals surface area (Å²) in [6.45, 7) is 0.485. The molecule has 0 bridgehead atoms. The van der Waals surface area contributed by atoms with Gasteiger partial charge in [-0.25, -0.2) is 13.1 Å². The van der Waals surface area contributed by atoms with Gasteiger partial charge in [0, 0.05) is 35.9 Å². The fourth-order valence-electron chi connectivity index (χ4n) is 1.21. The van der Waals surface area contributed by atoms with Crippen LogP contribution in [0.25, 0.3) is 0 Å². The fraction of sp³-hybridized carbons (Fsp3) is 0.500. The average molecular weight is 303 g/mol. The van der Waals surface area contributed by atoms with E-state index in [4.69, 9.17) is 9.84 Å². The maximum atomic E-state index is 11.5. The van der Waals surface area contributed by atoms with Crippen molar-refractivity contribution in [2.75, 3.05) is 26.1 Å². The molecule has 0 aliphatic carbocycles. The van der Waals surface area contributed by atoms with Crippen molar-refractivity contribution in [1.82, 2.24) is 4.72 Å². The first-order chi connectivity index (χ1) is 9.07. The molecule has 0 spiro atoms. The summed E-state index contributed by atoms with van der Waals surface area (Å²) in [6.07, 6.45) is 0.439. The van der Waals surface area contributed by atoms with Crippen molar-refractivity contribution < 1.29 is 18.3 Å². The molecule has 0 radical (unpaired) electrons. The molecule has 0 aliphatic rings. The molecule has 0 aliphatic heterocycles. The van der Waals surface area contributed by atoms with Gasteiger partial charge in [0.15, 0.2) is 0 Å². The first-order valence-electron chi connectivity index (χ1n) is 5.71. The van der Waals surface area contributed by atoms with Crippen LogP contribution in [0.2, 0.25) is 0 Å². The zero-order valence-electron chi connectivity index (χ0n) is 10.7. The van der Waals surface area contributed by atoms with Gasteiger partial charge in [0.1, 0.15) is 0 Å². The summed E-state index contributed by atoms with van der Waals surface area (Å²) in [5, 5.41) is 10.5. The lowest BCUT2D eigenvalue weighted by Crippen LogP contribution is -2.27. The SMILES string of the molecule is COCCS(=O)(=O)NCc1cc(C#CCCO)cs1. The normalized spacial score (nSPS) is 11.1. The van der Waals surface area contributed by atoms with Gasteiger partial charge in [-0.05, 0) is 6.07 Å². The largest absolute Gasteiger partial charge is 0.395 e. The molecule has 0 unspecified atom stereocenters. The van der Waals surface area contributed by atoms with Crippen molar-refractivity contribution in [3.8, 4) is 11.8 Å². The number of thiophene rings is 1. The van der Waals surface area contributed by atoms with E-state index >= 15 is 0 Å². The molecule has 1 rings (SSSR count). The number of aliphatic hydroxyl groups excluding tert-OH is 1. The molecule has 0 saturated carbocycles. The van der Waals surface area contributed by atoms with Crippen LogP contribution >= 0.6 is 11.3 Å². The second-order valence-electron chi connectivity index (χ2n) is 3.71. The monoisotopic (exact) mass is 303 g/mol. The van der Waals surface area contributed by atoms with Crippen LogP contribution in [0.4, 0.5) is 0 Å². The summed E-state index contributed by atoms with van der Waals surface area (Å²) >= 11 is 1.45. The Bertz CT molecular complexity index is 540. The van der Waals surface area contributed by atoms with E-state index < -0.39 is 10.0 Å². The molecule has 1 aromatic heterocycles. The van der Waals surface area contributed by atoms with Gasteiger partial charge in [-0.1, -0.05) is 11.8 Å². The standard InChI is InChI=1S/C12H17NO4S2/c1-17-6-7-19(15,16)13-9-12-8-11(10-18-12)4-2-3-5-14/h8,10,13-14H,3,5-7,9H2,1H3. The zero-order valence-corrected chi connectivity index (χ0v) is 12.3. The van der Waals surface area contributed by atoms with E-state index in [9.17, 15) is 8.42 Å². The van der Waals surface area contributed by atoms with Crippen LogP contribution in [0.15, 0.2) is 11.4 Å². The van der Waals surface area contributed by atoms with Crippen molar-refractivity contribution in [2.24, 2.45) is 0 Å². The van der Waals surface area contributed by atoms with Gasteiger partial charge in [-0.2, -0.15) is 0 Å². The molecule has 5 nitrogen and oxygen atoms in total. The molecular formula is C12H17NO4S2. The Morgan fingerprint density at radius 2 is 2.32 bits per heavy atom. The number of aliphatic hydroxyl groups is 1. The topological polar surface area (TPSA) is 75.6 Å². The Labute approximate surface area is 117 Å². The number of ether oxygens (including phenoxy) is 1. The van der Waals surface area contributed by atoms with Gasteiger partial charge in [0.05, 0.1) is 19.0 Å². The van der Waals surface area contributed by atoms with Crippen LogP contribution in [0, 0.1) is 11.8 Å². The van der Waals surface area contributed by atoms with Gasteiger partial charge >= 0.3 is 0 Å². The molecule has 7 heteroatoms. The Hall–Kier alpha value is -0.910. The van der Waals surface area contributed by atoms with E-state index in [0.29, 0.717) is 6.42 Å². The van der Waals surface area contributed by atoms with Crippen molar-refractivity contribution in [3.05, 3.63) is 21.9 Å². The van der Waals surface area contributed by atoms with Crippen molar-refractivity contribution in [2.45, 2.75) is 13.0 Å². The highest BCUT2D eigenvalue weighted by Crippen LogP contribution is 2.13. The van der Waals surface area contributed by atoms with Crippen LogP contribution < -0.4 is 4.72 Å². The molecule has 1 heterocycles. The third kappa shape index (κ3) is 6.71. The smallest absolute Gasteiger partial charge is 0.214 e. The average Bonchev–Trinajstić information content (AvgIpc) is 2.83. The molecule has 0 fully saturated rings. The summed E-state index contributed by atoms with van der Waals surface area (Å²) in [4.78, 5) is 0.897. The van der Waals surface area contributed by atoms with Crippen molar-refractivity contribution in [3.63, 3.8) is 0 Å². The fourth-order valence-corrected chi connectivity index (χ4v) is 2.96. The minimum atomic E-state index is -3.29. The van der Waals surface area contributed by atoms with Crippen LogP contribution in [-0.2, 0) is 21.3 Å². The third-order valence-electron chi connectivity index (χ3n) is 2.15. The molecule has 19 heavy (non-hydrogen) atoms. The molecule has 0 amide bonds. The molecule has 0 aromatic carbocycles. The van der Waals surface area contributed by atoms with E-state index in [0.717, 1.165) is 10.4 Å². The first kappa shape index (κ1) is 16.1. The summed E-state index contributed by atoms with van der Waals surface area (Å²) < 4.78 is 30.3. The highest BCUT2D eigenvalue weighted by Gasteiger charge is 2.09. The quantitative estimate of drug-likeness (QED) is 0.721. The summed E-state index contributed by atoms with van der Waals surface area (Å²) in [7, 11) is -1.83. The van der Waals surface area contributed by atoms with Crippen LogP contribution in [-0.4, -0.2) is 39.6 Å². The summed E-state index contributed by atoms with van der Waals surface area (Å²) in [5.41, 5.74) is 0.838. The third-order valence-corrected chi connectivity index (χ3v) is 4.37. The first-order valence-corrected chi connectivity index (χ1v) is 8.24. The minimum Gasteiger partial charge on any atom is -0.395 e. The van der Waals surface area contributed by atoms with E-state index in [1.165, 1.54) is 18.4 Å². The van der Waals surface area contributed by atoms with Crippen molar-refractivity contribution >= 4 is 21.4 Å². The van der Waals surface area contributed by atoms with E-state index in [-0.39, 0.29) is 25.5 Å². The molecular weight excluding hydrogens is 286 g/mol. The Kier molecular flexibility index (Phi) is 7.05. The molecule has 1 aromatic rings. The lowest BCUT2D eigenvalue weighted by atomic mass is 10.3. The van der Waals surface area contributed by atoms with Gasteiger partial charge in [-0.15, -0.1) is 11.3 Å². The van der Waals surface area contributed by atoms with Gasteiger partial charge in [0.25, 0.3) is 0 Å². The number of nitrogens with one attached hydrogen (secondary N) is 1. The van der Waals surface area contributed by atoms with E-state index in [2.05, 4.69) is 16.6 Å². The Balaban J connectivity index is 2.49. The molecule has 2 N–H and O–H groups in total. The van der Waals surface area contributed by atoms with E-state index in [1.54, 1.807) is 0 Å². The highest BCUT2D eigenvalue weighted by atomic mass is 32.2. The maximum absolute atomic E-state index is 11.5. The molecule has 106 valence electrons.